The highest BCUT2D eigenvalue weighted by atomic mass is 32.2. The number of rotatable bonds is 7. The molecule has 1 aromatic carbocycles. The van der Waals surface area contributed by atoms with Crippen molar-refractivity contribution in [2.24, 2.45) is 5.92 Å². The van der Waals surface area contributed by atoms with Crippen molar-refractivity contribution < 1.29 is 17.9 Å². The minimum absolute atomic E-state index is 0.177. The van der Waals surface area contributed by atoms with Gasteiger partial charge in [-0.2, -0.15) is 0 Å². The van der Waals surface area contributed by atoms with Gasteiger partial charge >= 0.3 is 0 Å². The van der Waals surface area contributed by atoms with Gasteiger partial charge < -0.3 is 10.1 Å². The maximum atomic E-state index is 12.8. The first-order valence-electron chi connectivity index (χ1n) is 9.69. The molecule has 1 aliphatic heterocycles. The standard InChI is InChI=1S/C20H33N3O4S/c1-14(2)18(23-7-9-27-10-8-23)13-21-20(24)17-11-15(3)16(4)19(12-17)28(25,26)22(5)6/h11-12,14,18H,7-10,13H2,1-6H3,(H,21,24). The lowest BCUT2D eigenvalue weighted by Crippen LogP contribution is -2.51. The molecule has 0 bridgehead atoms. The van der Waals surface area contributed by atoms with E-state index < -0.39 is 10.0 Å². The molecule has 1 heterocycles. The van der Waals surface area contributed by atoms with Crippen LogP contribution in [-0.4, -0.2) is 76.5 Å². The molecule has 0 aliphatic carbocycles. The Morgan fingerprint density at radius 1 is 1.21 bits per heavy atom. The van der Waals surface area contributed by atoms with Crippen molar-refractivity contribution in [3.63, 3.8) is 0 Å². The zero-order valence-electron chi connectivity index (χ0n) is 17.8. The molecule has 1 amide bonds. The summed E-state index contributed by atoms with van der Waals surface area (Å²) in [7, 11) is -0.632. The number of sulfonamides is 1. The summed E-state index contributed by atoms with van der Waals surface area (Å²) in [4.78, 5) is 15.3. The average molecular weight is 412 g/mol. The molecule has 0 saturated carbocycles. The summed E-state index contributed by atoms with van der Waals surface area (Å²) in [5.41, 5.74) is 1.81. The van der Waals surface area contributed by atoms with Gasteiger partial charge in [0.05, 0.1) is 18.1 Å². The SMILES string of the molecule is Cc1cc(C(=O)NCC(C(C)C)N2CCOCC2)cc(S(=O)(=O)N(C)C)c1C. The molecular formula is C20H33N3O4S. The normalized spacial score (nSPS) is 17.1. The molecule has 1 N–H and O–H groups in total. The Morgan fingerprint density at radius 3 is 2.36 bits per heavy atom. The van der Waals surface area contributed by atoms with Crippen LogP contribution in [0.15, 0.2) is 17.0 Å². The topological polar surface area (TPSA) is 79.0 Å². The number of hydrogen-bond donors (Lipinski definition) is 1. The second kappa shape index (κ2) is 9.35. The number of morpholine rings is 1. The van der Waals surface area contributed by atoms with Crippen LogP contribution in [0.25, 0.3) is 0 Å². The lowest BCUT2D eigenvalue weighted by Gasteiger charge is -2.36. The van der Waals surface area contributed by atoms with Gasteiger partial charge in [-0.05, 0) is 43.0 Å². The number of ether oxygens (including phenoxy) is 1. The summed E-state index contributed by atoms with van der Waals surface area (Å²) in [6.45, 7) is 11.5. The number of carbonyl (C=O) groups is 1. The second-order valence-electron chi connectivity index (χ2n) is 7.87. The molecule has 28 heavy (non-hydrogen) atoms. The molecule has 1 aliphatic rings. The van der Waals surface area contributed by atoms with E-state index in [2.05, 4.69) is 24.1 Å². The Bertz CT molecular complexity index is 800. The van der Waals surface area contributed by atoms with Crippen LogP contribution >= 0.6 is 0 Å². The van der Waals surface area contributed by atoms with Crippen molar-refractivity contribution >= 4 is 15.9 Å². The molecule has 7 nitrogen and oxygen atoms in total. The summed E-state index contributed by atoms with van der Waals surface area (Å²) in [5.74, 6) is 0.125. The molecule has 1 aromatic rings. The molecule has 8 heteroatoms. The number of nitrogens with zero attached hydrogens (tertiary/aromatic N) is 2. The number of aryl methyl sites for hydroxylation is 1. The maximum absolute atomic E-state index is 12.8. The second-order valence-corrected chi connectivity index (χ2v) is 9.99. The predicted molar refractivity (Wildman–Crippen MR) is 110 cm³/mol. The Kier molecular flexibility index (Phi) is 7.61. The van der Waals surface area contributed by atoms with E-state index in [0.29, 0.717) is 36.8 Å². The fourth-order valence-electron chi connectivity index (χ4n) is 3.42. The van der Waals surface area contributed by atoms with Crippen LogP contribution in [0.3, 0.4) is 0 Å². The number of nitrogens with one attached hydrogen (secondary N) is 1. The highest BCUT2D eigenvalue weighted by molar-refractivity contribution is 7.89. The quantitative estimate of drug-likeness (QED) is 0.738. The van der Waals surface area contributed by atoms with E-state index in [4.69, 9.17) is 4.74 Å². The first-order chi connectivity index (χ1) is 13.1. The van der Waals surface area contributed by atoms with Gasteiger partial charge in [-0.15, -0.1) is 0 Å². The third-order valence-corrected chi connectivity index (χ3v) is 7.34. The Morgan fingerprint density at radius 2 is 1.82 bits per heavy atom. The van der Waals surface area contributed by atoms with Gasteiger partial charge in [0.1, 0.15) is 0 Å². The van der Waals surface area contributed by atoms with Gasteiger partial charge in [-0.25, -0.2) is 12.7 Å². The van der Waals surface area contributed by atoms with Crippen LogP contribution < -0.4 is 5.32 Å². The monoisotopic (exact) mass is 411 g/mol. The van der Waals surface area contributed by atoms with Crippen LogP contribution in [0.1, 0.15) is 35.3 Å². The number of benzene rings is 1. The van der Waals surface area contributed by atoms with Crippen LogP contribution in [-0.2, 0) is 14.8 Å². The number of hydrogen-bond acceptors (Lipinski definition) is 5. The number of carbonyl (C=O) groups excluding carboxylic acids is 1. The summed E-state index contributed by atoms with van der Waals surface area (Å²) in [6, 6.07) is 3.44. The minimum Gasteiger partial charge on any atom is -0.379 e. The largest absolute Gasteiger partial charge is 0.379 e. The zero-order chi connectivity index (χ0) is 21.1. The molecule has 0 aromatic heterocycles. The van der Waals surface area contributed by atoms with Crippen molar-refractivity contribution in [3.8, 4) is 0 Å². The smallest absolute Gasteiger partial charge is 0.251 e. The van der Waals surface area contributed by atoms with Crippen LogP contribution in [0.4, 0.5) is 0 Å². The third-order valence-electron chi connectivity index (χ3n) is 5.40. The van der Waals surface area contributed by atoms with Gasteiger partial charge in [0.25, 0.3) is 5.91 Å². The highest BCUT2D eigenvalue weighted by Crippen LogP contribution is 2.23. The molecule has 158 valence electrons. The summed E-state index contributed by atoms with van der Waals surface area (Å²) in [6.07, 6.45) is 0. The Labute approximate surface area is 169 Å². The summed E-state index contributed by atoms with van der Waals surface area (Å²) in [5, 5.41) is 3.00. The van der Waals surface area contributed by atoms with E-state index in [1.165, 1.54) is 24.5 Å². The fraction of sp³-hybridized carbons (Fsp3) is 0.650. The zero-order valence-corrected chi connectivity index (χ0v) is 18.6. The van der Waals surface area contributed by atoms with Crippen molar-refractivity contribution in [2.75, 3.05) is 46.9 Å². The molecule has 0 radical (unpaired) electrons. The van der Waals surface area contributed by atoms with E-state index in [9.17, 15) is 13.2 Å². The van der Waals surface area contributed by atoms with Crippen LogP contribution in [0.5, 0.6) is 0 Å². The average Bonchev–Trinajstić information content (AvgIpc) is 2.64. The van der Waals surface area contributed by atoms with E-state index in [1.54, 1.807) is 13.0 Å². The van der Waals surface area contributed by atoms with Gasteiger partial charge in [0, 0.05) is 45.3 Å². The molecular weight excluding hydrogens is 378 g/mol. The first-order valence-corrected chi connectivity index (χ1v) is 11.1. The van der Waals surface area contributed by atoms with Gasteiger partial charge in [0.15, 0.2) is 0 Å². The van der Waals surface area contributed by atoms with Crippen LogP contribution in [0.2, 0.25) is 0 Å². The van der Waals surface area contributed by atoms with Gasteiger partial charge in [-0.1, -0.05) is 13.8 Å². The third kappa shape index (κ3) is 5.11. The van der Waals surface area contributed by atoms with Crippen LogP contribution in [0, 0.1) is 19.8 Å². The summed E-state index contributed by atoms with van der Waals surface area (Å²) < 4.78 is 31.8. The van der Waals surface area contributed by atoms with Crippen molar-refractivity contribution in [1.29, 1.82) is 0 Å². The molecule has 1 saturated heterocycles. The lowest BCUT2D eigenvalue weighted by atomic mass is 10.0. The van der Waals surface area contributed by atoms with Crippen molar-refractivity contribution in [1.82, 2.24) is 14.5 Å². The molecule has 2 rings (SSSR count). The van der Waals surface area contributed by atoms with Crippen molar-refractivity contribution in [2.45, 2.75) is 38.6 Å². The molecule has 1 fully saturated rings. The summed E-state index contributed by atoms with van der Waals surface area (Å²) >= 11 is 0. The fourth-order valence-corrected chi connectivity index (χ4v) is 4.63. The Balaban J connectivity index is 2.20. The van der Waals surface area contributed by atoms with Gasteiger partial charge in [-0.3, -0.25) is 9.69 Å². The van der Waals surface area contributed by atoms with E-state index >= 15 is 0 Å². The lowest BCUT2D eigenvalue weighted by molar-refractivity contribution is 0.00672. The van der Waals surface area contributed by atoms with E-state index in [-0.39, 0.29) is 16.8 Å². The van der Waals surface area contributed by atoms with E-state index in [0.717, 1.165) is 18.7 Å². The Hall–Kier alpha value is -1.48. The van der Waals surface area contributed by atoms with Crippen molar-refractivity contribution in [3.05, 3.63) is 28.8 Å². The molecule has 1 unspecified atom stereocenters. The molecule has 0 spiro atoms. The highest BCUT2D eigenvalue weighted by Gasteiger charge is 2.26. The minimum atomic E-state index is -3.62. The maximum Gasteiger partial charge on any atom is 0.251 e. The first kappa shape index (κ1) is 22.8. The van der Waals surface area contributed by atoms with E-state index in [1.807, 2.05) is 6.92 Å². The molecule has 1 atom stereocenters. The van der Waals surface area contributed by atoms with Gasteiger partial charge in [0.2, 0.25) is 10.0 Å². The predicted octanol–water partition coefficient (Wildman–Crippen LogP) is 1.64. The number of amides is 1.